The molecule has 0 heterocycles. The maximum Gasteiger partial charge on any atom is 0.123 e. The SMILES string of the molecule is CC(OC(C)c1cccc(F)c1)c1cccc(F)c1. The smallest absolute Gasteiger partial charge is 0.123 e. The van der Waals surface area contributed by atoms with E-state index in [2.05, 4.69) is 0 Å². The highest BCUT2D eigenvalue weighted by atomic mass is 19.1. The van der Waals surface area contributed by atoms with Gasteiger partial charge in [0.05, 0.1) is 12.2 Å². The molecular formula is C16H16F2O. The van der Waals surface area contributed by atoms with Crippen LogP contribution in [0.5, 0.6) is 0 Å². The van der Waals surface area contributed by atoms with E-state index in [0.29, 0.717) is 0 Å². The summed E-state index contributed by atoms with van der Waals surface area (Å²) >= 11 is 0. The molecule has 2 unspecified atom stereocenters. The molecule has 0 fully saturated rings. The van der Waals surface area contributed by atoms with Gasteiger partial charge in [-0.3, -0.25) is 0 Å². The largest absolute Gasteiger partial charge is 0.366 e. The van der Waals surface area contributed by atoms with Gasteiger partial charge in [-0.05, 0) is 49.2 Å². The van der Waals surface area contributed by atoms with Crippen LogP contribution in [0.3, 0.4) is 0 Å². The molecule has 0 N–H and O–H groups in total. The van der Waals surface area contributed by atoms with Gasteiger partial charge in [-0.15, -0.1) is 0 Å². The summed E-state index contributed by atoms with van der Waals surface area (Å²) in [5, 5.41) is 0. The van der Waals surface area contributed by atoms with Crippen LogP contribution in [0.2, 0.25) is 0 Å². The third kappa shape index (κ3) is 3.61. The van der Waals surface area contributed by atoms with E-state index in [1.54, 1.807) is 12.1 Å². The quantitative estimate of drug-likeness (QED) is 0.768. The molecule has 2 aromatic carbocycles. The molecule has 0 saturated carbocycles. The van der Waals surface area contributed by atoms with Crippen LogP contribution < -0.4 is 0 Å². The monoisotopic (exact) mass is 262 g/mol. The average Bonchev–Trinajstić information content (AvgIpc) is 2.38. The molecular weight excluding hydrogens is 246 g/mol. The van der Waals surface area contributed by atoms with Crippen molar-refractivity contribution in [2.45, 2.75) is 26.1 Å². The zero-order chi connectivity index (χ0) is 13.8. The van der Waals surface area contributed by atoms with Crippen LogP contribution in [0.1, 0.15) is 37.2 Å². The Hall–Kier alpha value is -1.74. The van der Waals surface area contributed by atoms with Gasteiger partial charge >= 0.3 is 0 Å². The molecule has 0 spiro atoms. The van der Waals surface area contributed by atoms with Crippen LogP contribution in [0.25, 0.3) is 0 Å². The summed E-state index contributed by atoms with van der Waals surface area (Å²) in [6.45, 7) is 3.70. The second-order valence-corrected chi connectivity index (χ2v) is 4.53. The van der Waals surface area contributed by atoms with E-state index in [1.165, 1.54) is 24.3 Å². The predicted molar refractivity (Wildman–Crippen MR) is 70.7 cm³/mol. The van der Waals surface area contributed by atoms with Gasteiger partial charge in [0.15, 0.2) is 0 Å². The lowest BCUT2D eigenvalue weighted by molar-refractivity contribution is 0.00557. The molecule has 0 aromatic heterocycles. The van der Waals surface area contributed by atoms with Crippen LogP contribution in [0, 0.1) is 11.6 Å². The molecule has 0 bridgehead atoms. The third-order valence-electron chi connectivity index (χ3n) is 3.04. The normalized spacial score (nSPS) is 14.1. The van der Waals surface area contributed by atoms with Crippen molar-refractivity contribution < 1.29 is 13.5 Å². The van der Waals surface area contributed by atoms with Crippen LogP contribution >= 0.6 is 0 Å². The molecule has 2 atom stereocenters. The Morgan fingerprint density at radius 2 is 1.21 bits per heavy atom. The highest BCUT2D eigenvalue weighted by Crippen LogP contribution is 2.26. The van der Waals surface area contributed by atoms with Gasteiger partial charge in [0.25, 0.3) is 0 Å². The van der Waals surface area contributed by atoms with E-state index < -0.39 is 0 Å². The first kappa shape index (κ1) is 13.7. The summed E-state index contributed by atoms with van der Waals surface area (Å²) in [6, 6.07) is 12.6. The summed E-state index contributed by atoms with van der Waals surface area (Å²) in [5.41, 5.74) is 1.53. The van der Waals surface area contributed by atoms with E-state index >= 15 is 0 Å². The lowest BCUT2D eigenvalue weighted by atomic mass is 10.1. The minimum Gasteiger partial charge on any atom is -0.366 e. The van der Waals surface area contributed by atoms with Gasteiger partial charge in [0.2, 0.25) is 0 Å². The maximum absolute atomic E-state index is 13.1. The second-order valence-electron chi connectivity index (χ2n) is 4.53. The standard InChI is InChI=1S/C16H16F2O/c1-11(13-5-3-7-15(17)9-13)19-12(2)14-6-4-8-16(18)10-14/h3-12H,1-2H3. The van der Waals surface area contributed by atoms with Gasteiger partial charge in [0, 0.05) is 0 Å². The Labute approximate surface area is 111 Å². The summed E-state index contributed by atoms with van der Waals surface area (Å²) in [7, 11) is 0. The number of halogens is 2. The Bertz CT molecular complexity index is 504. The van der Waals surface area contributed by atoms with Gasteiger partial charge in [-0.1, -0.05) is 24.3 Å². The molecule has 100 valence electrons. The molecule has 2 rings (SSSR count). The zero-order valence-corrected chi connectivity index (χ0v) is 10.9. The Morgan fingerprint density at radius 1 is 0.789 bits per heavy atom. The fourth-order valence-electron chi connectivity index (χ4n) is 1.98. The van der Waals surface area contributed by atoms with Crippen molar-refractivity contribution in [3.8, 4) is 0 Å². The molecule has 0 aliphatic carbocycles. The summed E-state index contributed by atoms with van der Waals surface area (Å²) in [4.78, 5) is 0. The zero-order valence-electron chi connectivity index (χ0n) is 10.9. The van der Waals surface area contributed by atoms with Crippen molar-refractivity contribution in [1.82, 2.24) is 0 Å². The van der Waals surface area contributed by atoms with Crippen molar-refractivity contribution in [2.24, 2.45) is 0 Å². The first-order valence-electron chi connectivity index (χ1n) is 6.22. The number of hydrogen-bond donors (Lipinski definition) is 0. The fraction of sp³-hybridized carbons (Fsp3) is 0.250. The molecule has 0 aliphatic rings. The first-order chi connectivity index (χ1) is 9.06. The number of ether oxygens (including phenoxy) is 1. The van der Waals surface area contributed by atoms with E-state index in [4.69, 9.17) is 4.74 Å². The number of benzene rings is 2. The minimum absolute atomic E-state index is 0.256. The highest BCUT2D eigenvalue weighted by molar-refractivity contribution is 5.20. The van der Waals surface area contributed by atoms with Gasteiger partial charge in [-0.25, -0.2) is 8.78 Å². The van der Waals surface area contributed by atoms with Crippen LogP contribution in [0.15, 0.2) is 48.5 Å². The summed E-state index contributed by atoms with van der Waals surface area (Å²) in [6.07, 6.45) is -0.511. The van der Waals surface area contributed by atoms with Crippen molar-refractivity contribution in [3.63, 3.8) is 0 Å². The molecule has 0 aliphatic heterocycles. The molecule has 19 heavy (non-hydrogen) atoms. The van der Waals surface area contributed by atoms with Gasteiger partial charge < -0.3 is 4.74 Å². The van der Waals surface area contributed by atoms with Gasteiger partial charge in [-0.2, -0.15) is 0 Å². The van der Waals surface area contributed by atoms with E-state index in [1.807, 2.05) is 26.0 Å². The van der Waals surface area contributed by atoms with Crippen LogP contribution in [0.4, 0.5) is 8.78 Å². The van der Waals surface area contributed by atoms with Crippen molar-refractivity contribution >= 4 is 0 Å². The molecule has 2 aromatic rings. The summed E-state index contributed by atoms with van der Waals surface area (Å²) < 4.78 is 32.1. The third-order valence-corrected chi connectivity index (χ3v) is 3.04. The summed E-state index contributed by atoms with van der Waals surface area (Å²) in [5.74, 6) is -0.572. The Balaban J connectivity index is 2.08. The lowest BCUT2D eigenvalue weighted by Gasteiger charge is -2.20. The van der Waals surface area contributed by atoms with Crippen LogP contribution in [-0.2, 0) is 4.74 Å². The Morgan fingerprint density at radius 3 is 1.58 bits per heavy atom. The lowest BCUT2D eigenvalue weighted by Crippen LogP contribution is -2.05. The van der Waals surface area contributed by atoms with Crippen molar-refractivity contribution in [1.29, 1.82) is 0 Å². The first-order valence-corrected chi connectivity index (χ1v) is 6.22. The van der Waals surface area contributed by atoms with Crippen LogP contribution in [-0.4, -0.2) is 0 Å². The van der Waals surface area contributed by atoms with Gasteiger partial charge in [0.1, 0.15) is 11.6 Å². The number of rotatable bonds is 4. The van der Waals surface area contributed by atoms with Crippen molar-refractivity contribution in [3.05, 3.63) is 71.3 Å². The van der Waals surface area contributed by atoms with E-state index in [-0.39, 0.29) is 23.8 Å². The molecule has 3 heteroatoms. The molecule has 0 saturated heterocycles. The second kappa shape index (κ2) is 5.93. The fourth-order valence-corrected chi connectivity index (χ4v) is 1.98. The maximum atomic E-state index is 13.1. The minimum atomic E-state index is -0.286. The highest BCUT2D eigenvalue weighted by Gasteiger charge is 2.13. The topological polar surface area (TPSA) is 9.23 Å². The molecule has 1 nitrogen and oxygen atoms in total. The van der Waals surface area contributed by atoms with E-state index in [9.17, 15) is 8.78 Å². The molecule has 0 amide bonds. The number of hydrogen-bond acceptors (Lipinski definition) is 1. The van der Waals surface area contributed by atoms with E-state index in [0.717, 1.165) is 11.1 Å². The Kier molecular flexibility index (Phi) is 4.27. The molecule has 0 radical (unpaired) electrons. The average molecular weight is 262 g/mol. The van der Waals surface area contributed by atoms with Crippen molar-refractivity contribution in [2.75, 3.05) is 0 Å². The predicted octanol–water partition coefficient (Wildman–Crippen LogP) is 4.80.